The first-order valence-corrected chi connectivity index (χ1v) is 15.9. The van der Waals surface area contributed by atoms with E-state index in [0.717, 1.165) is 0 Å². The number of fused-ring (bicyclic) bond motifs is 3. The second-order valence-corrected chi connectivity index (χ2v) is 12.0. The van der Waals surface area contributed by atoms with Crippen LogP contribution in [0.4, 0.5) is 0 Å². The van der Waals surface area contributed by atoms with Crippen LogP contribution in [0.3, 0.4) is 0 Å². The number of carbonyl (C=O) groups excluding carboxylic acids is 6. The fourth-order valence-corrected chi connectivity index (χ4v) is 6.77. The molecule has 15 heteroatoms. The van der Waals surface area contributed by atoms with Gasteiger partial charge in [-0.05, 0) is 38.5 Å². The zero-order valence-electron chi connectivity index (χ0n) is 26.8. The predicted molar refractivity (Wildman–Crippen MR) is 160 cm³/mol. The Labute approximate surface area is 264 Å². The average Bonchev–Trinajstić information content (AvgIpc) is 3.82. The molecule has 0 aromatic carbocycles. The maximum atomic E-state index is 13.9. The lowest BCUT2D eigenvalue weighted by Crippen LogP contribution is -2.57. The zero-order valence-corrected chi connectivity index (χ0v) is 26.8. The van der Waals surface area contributed by atoms with Crippen molar-refractivity contribution in [2.45, 2.75) is 56.7 Å². The number of nitrogens with zero attached hydrogens (tertiary/aromatic N) is 6. The number of hydrogen-bond acceptors (Lipinski definition) is 9. The second kappa shape index (κ2) is 16.3. The first-order chi connectivity index (χ1) is 21.7. The molecule has 6 amide bonds. The molecule has 4 fully saturated rings. The molecule has 0 N–H and O–H groups in total. The summed E-state index contributed by atoms with van der Waals surface area (Å²) in [7, 11) is 4.51. The van der Waals surface area contributed by atoms with E-state index in [1.54, 1.807) is 0 Å². The third kappa shape index (κ3) is 8.11. The van der Waals surface area contributed by atoms with E-state index in [0.29, 0.717) is 58.2 Å². The molecule has 0 aromatic heterocycles. The molecule has 0 saturated carbocycles. The van der Waals surface area contributed by atoms with Gasteiger partial charge in [-0.15, -0.1) is 0 Å². The Morgan fingerprint density at radius 1 is 0.489 bits per heavy atom. The normalized spacial score (nSPS) is 26.1. The second-order valence-electron chi connectivity index (χ2n) is 12.0. The topological polar surface area (TPSA) is 150 Å². The highest BCUT2D eigenvalue weighted by Crippen LogP contribution is 2.25. The first-order valence-electron chi connectivity index (χ1n) is 15.9. The molecule has 252 valence electrons. The van der Waals surface area contributed by atoms with Crippen LogP contribution in [0.15, 0.2) is 0 Å². The summed E-state index contributed by atoms with van der Waals surface area (Å²) in [5.41, 5.74) is 0. The summed E-state index contributed by atoms with van der Waals surface area (Å²) in [6.07, 6.45) is 3.09. The van der Waals surface area contributed by atoms with Crippen LogP contribution >= 0.6 is 0 Å². The summed E-state index contributed by atoms with van der Waals surface area (Å²) in [5.74, 6) is -2.21. The Hall–Kier alpha value is -3.30. The van der Waals surface area contributed by atoms with E-state index in [-0.39, 0.29) is 94.5 Å². The van der Waals surface area contributed by atoms with Crippen molar-refractivity contribution >= 4 is 35.4 Å². The summed E-state index contributed by atoms with van der Waals surface area (Å²) in [6, 6.07) is -2.36. The average molecular weight is 637 g/mol. The van der Waals surface area contributed by atoms with Gasteiger partial charge in [0.15, 0.2) is 0 Å². The molecule has 0 aliphatic carbocycles. The first kappa shape index (κ1) is 34.6. The minimum atomic E-state index is -0.787. The van der Waals surface area contributed by atoms with E-state index >= 15 is 0 Å². The highest BCUT2D eigenvalue weighted by atomic mass is 16.5. The molecule has 45 heavy (non-hydrogen) atoms. The molecule has 3 atom stereocenters. The Morgan fingerprint density at radius 2 is 0.756 bits per heavy atom. The number of carbonyl (C=O) groups is 6. The molecular formula is C30H48N6O9. The van der Waals surface area contributed by atoms with Crippen molar-refractivity contribution in [1.82, 2.24) is 29.4 Å². The van der Waals surface area contributed by atoms with Gasteiger partial charge in [-0.3, -0.25) is 28.8 Å². The van der Waals surface area contributed by atoms with E-state index in [1.165, 1.54) is 50.7 Å². The van der Waals surface area contributed by atoms with Crippen LogP contribution in [0, 0.1) is 0 Å². The van der Waals surface area contributed by atoms with Gasteiger partial charge in [-0.25, -0.2) is 0 Å². The Kier molecular flexibility index (Phi) is 12.5. The highest BCUT2D eigenvalue weighted by Gasteiger charge is 2.43. The summed E-state index contributed by atoms with van der Waals surface area (Å²) in [5, 5.41) is 0. The molecule has 4 rings (SSSR count). The van der Waals surface area contributed by atoms with Crippen molar-refractivity contribution in [3.63, 3.8) is 0 Å². The van der Waals surface area contributed by atoms with Crippen molar-refractivity contribution in [1.29, 1.82) is 0 Å². The number of amides is 6. The van der Waals surface area contributed by atoms with Crippen LogP contribution in [-0.4, -0.2) is 183 Å². The summed E-state index contributed by atoms with van der Waals surface area (Å²) < 4.78 is 15.7. The molecule has 0 radical (unpaired) electrons. The van der Waals surface area contributed by atoms with Crippen LogP contribution in [-0.2, 0) is 43.0 Å². The van der Waals surface area contributed by atoms with Gasteiger partial charge in [0.25, 0.3) is 0 Å². The van der Waals surface area contributed by atoms with E-state index in [2.05, 4.69) is 0 Å². The molecule has 4 saturated heterocycles. The van der Waals surface area contributed by atoms with Gasteiger partial charge >= 0.3 is 0 Å². The van der Waals surface area contributed by atoms with Crippen molar-refractivity contribution in [3.8, 4) is 0 Å². The lowest BCUT2D eigenvalue weighted by atomic mass is 10.1. The number of rotatable bonds is 9. The minimum absolute atomic E-state index is 0.135. The number of ether oxygens (including phenoxy) is 3. The number of hydrogen-bond donors (Lipinski definition) is 0. The van der Waals surface area contributed by atoms with Crippen molar-refractivity contribution in [2.24, 2.45) is 0 Å². The van der Waals surface area contributed by atoms with Crippen molar-refractivity contribution in [2.75, 3.05) is 100 Å². The Bertz CT molecular complexity index is 973. The SMILES string of the molecule is COCCN1CC(=O)N2CCCC2C(=O)N(CCOC)CC(=O)N2CCCC2C(=O)N(CCOC)CC(=O)N2CCCC2C1=O. The molecule has 4 heterocycles. The van der Waals surface area contributed by atoms with E-state index in [1.807, 2.05) is 0 Å². The zero-order chi connectivity index (χ0) is 32.5. The quantitative estimate of drug-likeness (QED) is 0.292. The van der Waals surface area contributed by atoms with Gasteiger partial charge in [0.1, 0.15) is 18.1 Å². The maximum Gasteiger partial charge on any atom is 0.245 e. The maximum absolute atomic E-state index is 13.9. The molecule has 0 spiro atoms. The monoisotopic (exact) mass is 636 g/mol. The van der Waals surface area contributed by atoms with Gasteiger partial charge in [-0.1, -0.05) is 0 Å². The van der Waals surface area contributed by atoms with Crippen LogP contribution in [0.1, 0.15) is 38.5 Å². The van der Waals surface area contributed by atoms with Crippen LogP contribution in [0.5, 0.6) is 0 Å². The van der Waals surface area contributed by atoms with Crippen molar-refractivity contribution < 1.29 is 43.0 Å². The fourth-order valence-electron chi connectivity index (χ4n) is 6.77. The van der Waals surface area contributed by atoms with E-state index < -0.39 is 18.1 Å². The third-order valence-corrected chi connectivity index (χ3v) is 9.18. The van der Waals surface area contributed by atoms with Crippen LogP contribution in [0.25, 0.3) is 0 Å². The molecule has 0 aromatic rings. The van der Waals surface area contributed by atoms with Gasteiger partial charge in [0.2, 0.25) is 35.4 Å². The van der Waals surface area contributed by atoms with E-state index in [9.17, 15) is 28.8 Å². The molecule has 4 aliphatic rings. The Morgan fingerprint density at radius 3 is 1.00 bits per heavy atom. The van der Waals surface area contributed by atoms with Gasteiger partial charge in [0.05, 0.1) is 39.5 Å². The summed E-state index contributed by atoms with van der Waals surface area (Å²) >= 11 is 0. The van der Waals surface area contributed by atoms with Crippen LogP contribution < -0.4 is 0 Å². The minimum Gasteiger partial charge on any atom is -0.383 e. The summed E-state index contributed by atoms with van der Waals surface area (Å²) in [6.45, 7) is 1.21. The predicted octanol–water partition coefficient (Wildman–Crippen LogP) is -1.60. The lowest BCUT2D eigenvalue weighted by molar-refractivity contribution is -0.154. The van der Waals surface area contributed by atoms with Gasteiger partial charge < -0.3 is 43.6 Å². The Balaban J connectivity index is 1.70. The molecular weight excluding hydrogens is 588 g/mol. The molecule has 15 nitrogen and oxygen atoms in total. The fraction of sp³-hybridized carbons (Fsp3) is 0.800. The standard InChI is InChI=1S/C30H48N6O9/c1-43-16-13-31-19-25(37)35-11-5-8-23(35)29(41)33(15-18-45-3)21-27(39)36-12-6-9-24(36)30(42)32(14-17-44-2)20-26(38)34-10-4-7-22(34)28(31)40/h22-24H,4-21H2,1-3H3. The highest BCUT2D eigenvalue weighted by molar-refractivity contribution is 5.96. The number of methoxy groups -OCH3 is 3. The van der Waals surface area contributed by atoms with Gasteiger partial charge in [-0.2, -0.15) is 0 Å². The lowest BCUT2D eigenvalue weighted by Gasteiger charge is -2.36. The summed E-state index contributed by atoms with van der Waals surface area (Å²) in [4.78, 5) is 91.6. The third-order valence-electron chi connectivity index (χ3n) is 9.18. The largest absolute Gasteiger partial charge is 0.383 e. The van der Waals surface area contributed by atoms with Crippen LogP contribution in [0.2, 0.25) is 0 Å². The van der Waals surface area contributed by atoms with Gasteiger partial charge in [0, 0.05) is 60.6 Å². The molecule has 3 unspecified atom stereocenters. The van der Waals surface area contributed by atoms with Crippen molar-refractivity contribution in [3.05, 3.63) is 0 Å². The molecule has 4 aliphatic heterocycles. The molecule has 0 bridgehead atoms. The van der Waals surface area contributed by atoms with E-state index in [4.69, 9.17) is 14.2 Å². The smallest absolute Gasteiger partial charge is 0.245 e.